The molecular weight excluding hydrogens is 290 g/mol. The summed E-state index contributed by atoms with van der Waals surface area (Å²) in [5, 5.41) is 9.72. The first-order valence-corrected chi connectivity index (χ1v) is 7.53. The van der Waals surface area contributed by atoms with Crippen molar-refractivity contribution in [1.82, 2.24) is 4.90 Å². The van der Waals surface area contributed by atoms with Gasteiger partial charge >= 0.3 is 5.97 Å². The smallest absolute Gasteiger partial charge is 0.309 e. The SMILES string of the molecule is CN1CCC(Oc2ccc(CC(C)(C)C(=O)O)cc2Cl)C1. The van der Waals surface area contributed by atoms with Crippen molar-refractivity contribution in [2.45, 2.75) is 32.8 Å². The molecule has 0 aliphatic carbocycles. The Balaban J connectivity index is 2.05. The van der Waals surface area contributed by atoms with Crippen LogP contribution in [0, 0.1) is 5.41 Å². The van der Waals surface area contributed by atoms with E-state index in [4.69, 9.17) is 16.3 Å². The third kappa shape index (κ3) is 4.11. The molecule has 21 heavy (non-hydrogen) atoms. The molecule has 1 fully saturated rings. The molecule has 4 nitrogen and oxygen atoms in total. The average Bonchev–Trinajstić information content (AvgIpc) is 2.78. The van der Waals surface area contributed by atoms with Crippen molar-refractivity contribution in [2.24, 2.45) is 5.41 Å². The molecule has 1 N–H and O–H groups in total. The highest BCUT2D eigenvalue weighted by Crippen LogP contribution is 2.30. The maximum absolute atomic E-state index is 11.2. The summed E-state index contributed by atoms with van der Waals surface area (Å²) in [6.07, 6.45) is 1.61. The topological polar surface area (TPSA) is 49.8 Å². The minimum Gasteiger partial charge on any atom is -0.487 e. The summed E-state index contributed by atoms with van der Waals surface area (Å²) in [5.41, 5.74) is 0.100. The van der Waals surface area contributed by atoms with Gasteiger partial charge < -0.3 is 14.7 Å². The largest absolute Gasteiger partial charge is 0.487 e. The van der Waals surface area contributed by atoms with Crippen LogP contribution in [-0.4, -0.2) is 42.2 Å². The summed E-state index contributed by atoms with van der Waals surface area (Å²) >= 11 is 6.27. The van der Waals surface area contributed by atoms with Crippen LogP contribution in [0.1, 0.15) is 25.8 Å². The Bertz CT molecular complexity index is 530. The molecule has 0 spiro atoms. The van der Waals surface area contributed by atoms with E-state index >= 15 is 0 Å². The number of benzene rings is 1. The standard InChI is InChI=1S/C16H22ClNO3/c1-16(2,15(19)20)9-11-4-5-14(13(17)8-11)21-12-6-7-18(3)10-12/h4-5,8,12H,6-7,9-10H2,1-3H3,(H,19,20). The van der Waals surface area contributed by atoms with E-state index < -0.39 is 11.4 Å². The summed E-state index contributed by atoms with van der Waals surface area (Å²) in [7, 11) is 2.07. The number of carboxylic acid groups (broad SMARTS) is 1. The first kappa shape index (κ1) is 16.1. The third-order valence-corrected chi connectivity index (χ3v) is 4.16. The highest BCUT2D eigenvalue weighted by Gasteiger charge is 2.28. The maximum atomic E-state index is 11.2. The fourth-order valence-corrected chi connectivity index (χ4v) is 2.75. The van der Waals surface area contributed by atoms with Gasteiger partial charge in [-0.05, 0) is 51.4 Å². The molecule has 1 unspecified atom stereocenters. The van der Waals surface area contributed by atoms with Crippen molar-refractivity contribution in [3.05, 3.63) is 28.8 Å². The number of likely N-dealkylation sites (tertiary alicyclic amines) is 1. The first-order valence-electron chi connectivity index (χ1n) is 7.15. The Morgan fingerprint density at radius 3 is 2.76 bits per heavy atom. The predicted molar refractivity (Wildman–Crippen MR) is 83.1 cm³/mol. The molecule has 0 amide bonds. The first-order chi connectivity index (χ1) is 9.78. The van der Waals surface area contributed by atoms with Gasteiger partial charge in [0.2, 0.25) is 0 Å². The lowest BCUT2D eigenvalue weighted by Crippen LogP contribution is -2.26. The van der Waals surface area contributed by atoms with Gasteiger partial charge in [-0.15, -0.1) is 0 Å². The van der Waals surface area contributed by atoms with Crippen LogP contribution in [0.15, 0.2) is 18.2 Å². The van der Waals surface area contributed by atoms with Crippen LogP contribution in [0.4, 0.5) is 0 Å². The number of carboxylic acids is 1. The van der Waals surface area contributed by atoms with Crippen LogP contribution in [0.5, 0.6) is 5.75 Å². The maximum Gasteiger partial charge on any atom is 0.309 e. The number of carbonyl (C=O) groups is 1. The average molecular weight is 312 g/mol. The normalized spacial score (nSPS) is 19.7. The van der Waals surface area contributed by atoms with E-state index in [-0.39, 0.29) is 6.10 Å². The molecule has 5 heteroatoms. The number of halogens is 1. The number of ether oxygens (including phenoxy) is 1. The molecule has 1 aromatic carbocycles. The fraction of sp³-hybridized carbons (Fsp3) is 0.562. The molecule has 116 valence electrons. The molecule has 1 atom stereocenters. The minimum absolute atomic E-state index is 0.175. The van der Waals surface area contributed by atoms with E-state index in [1.54, 1.807) is 19.9 Å². The lowest BCUT2D eigenvalue weighted by atomic mass is 9.86. The van der Waals surface area contributed by atoms with Crippen molar-refractivity contribution >= 4 is 17.6 Å². The molecule has 0 aromatic heterocycles. The Labute approximate surface area is 130 Å². The third-order valence-electron chi connectivity index (χ3n) is 3.86. The van der Waals surface area contributed by atoms with Crippen LogP contribution in [0.2, 0.25) is 5.02 Å². The second kappa shape index (κ2) is 6.24. The van der Waals surface area contributed by atoms with Crippen LogP contribution in [0.25, 0.3) is 0 Å². The van der Waals surface area contributed by atoms with Crippen LogP contribution in [-0.2, 0) is 11.2 Å². The Morgan fingerprint density at radius 1 is 1.52 bits per heavy atom. The molecule has 0 saturated carbocycles. The summed E-state index contributed by atoms with van der Waals surface area (Å²) in [6, 6.07) is 5.54. The molecule has 1 aliphatic rings. The quantitative estimate of drug-likeness (QED) is 0.908. The molecule has 1 aromatic rings. The summed E-state index contributed by atoms with van der Waals surface area (Å²) in [5.74, 6) is -0.137. The van der Waals surface area contributed by atoms with Gasteiger partial charge in [-0.1, -0.05) is 17.7 Å². The number of nitrogens with zero attached hydrogens (tertiary/aromatic N) is 1. The zero-order chi connectivity index (χ0) is 15.6. The molecule has 1 aliphatic heterocycles. The van der Waals surface area contributed by atoms with Crippen LogP contribution >= 0.6 is 11.6 Å². The highest BCUT2D eigenvalue weighted by molar-refractivity contribution is 6.32. The Kier molecular flexibility index (Phi) is 4.79. The van der Waals surface area contributed by atoms with Gasteiger partial charge in [0.05, 0.1) is 10.4 Å². The van der Waals surface area contributed by atoms with E-state index in [1.807, 2.05) is 12.1 Å². The van der Waals surface area contributed by atoms with Gasteiger partial charge in [-0.25, -0.2) is 0 Å². The second-order valence-corrected chi connectivity index (χ2v) is 6.83. The second-order valence-electron chi connectivity index (χ2n) is 6.42. The van der Waals surface area contributed by atoms with Gasteiger partial charge in [-0.2, -0.15) is 0 Å². The molecule has 2 rings (SSSR count). The van der Waals surface area contributed by atoms with E-state index in [1.165, 1.54) is 0 Å². The monoisotopic (exact) mass is 311 g/mol. The molecule has 0 radical (unpaired) electrons. The number of hydrogen-bond acceptors (Lipinski definition) is 3. The van der Waals surface area contributed by atoms with E-state index in [9.17, 15) is 9.90 Å². The summed E-state index contributed by atoms with van der Waals surface area (Å²) in [4.78, 5) is 13.4. The lowest BCUT2D eigenvalue weighted by Gasteiger charge is -2.20. The van der Waals surface area contributed by atoms with Gasteiger partial charge in [0, 0.05) is 13.1 Å². The predicted octanol–water partition coefficient (Wildman–Crippen LogP) is 3.08. The lowest BCUT2D eigenvalue weighted by molar-refractivity contribution is -0.146. The number of hydrogen-bond donors (Lipinski definition) is 1. The van der Waals surface area contributed by atoms with E-state index in [2.05, 4.69) is 11.9 Å². The zero-order valence-electron chi connectivity index (χ0n) is 12.7. The van der Waals surface area contributed by atoms with Crippen molar-refractivity contribution in [2.75, 3.05) is 20.1 Å². The van der Waals surface area contributed by atoms with Crippen LogP contribution in [0.3, 0.4) is 0 Å². The van der Waals surface area contributed by atoms with Crippen molar-refractivity contribution in [1.29, 1.82) is 0 Å². The molecular formula is C16H22ClNO3. The van der Waals surface area contributed by atoms with Crippen molar-refractivity contribution in [3.8, 4) is 5.75 Å². The van der Waals surface area contributed by atoms with Gasteiger partial charge in [-0.3, -0.25) is 4.79 Å². The van der Waals surface area contributed by atoms with Gasteiger partial charge in [0.15, 0.2) is 0 Å². The van der Waals surface area contributed by atoms with Crippen molar-refractivity contribution in [3.63, 3.8) is 0 Å². The molecule has 1 heterocycles. The molecule has 0 bridgehead atoms. The summed E-state index contributed by atoms with van der Waals surface area (Å²) in [6.45, 7) is 5.36. The van der Waals surface area contributed by atoms with Crippen LogP contribution < -0.4 is 4.74 Å². The zero-order valence-corrected chi connectivity index (χ0v) is 13.5. The Hall–Kier alpha value is -1.26. The minimum atomic E-state index is -0.812. The fourth-order valence-electron chi connectivity index (χ4n) is 2.51. The molecule has 1 saturated heterocycles. The number of likely N-dealkylation sites (N-methyl/N-ethyl adjacent to an activating group) is 1. The number of rotatable bonds is 5. The summed E-state index contributed by atoms with van der Waals surface area (Å²) < 4.78 is 5.92. The van der Waals surface area contributed by atoms with Gasteiger partial charge in [0.25, 0.3) is 0 Å². The Morgan fingerprint density at radius 2 is 2.24 bits per heavy atom. The highest BCUT2D eigenvalue weighted by atomic mass is 35.5. The van der Waals surface area contributed by atoms with Gasteiger partial charge in [0.1, 0.15) is 11.9 Å². The van der Waals surface area contributed by atoms with E-state index in [0.29, 0.717) is 17.2 Å². The number of aliphatic carboxylic acids is 1. The van der Waals surface area contributed by atoms with Crippen molar-refractivity contribution < 1.29 is 14.6 Å². The van der Waals surface area contributed by atoms with E-state index in [0.717, 1.165) is 25.1 Å².